The van der Waals surface area contributed by atoms with Crippen molar-refractivity contribution in [3.05, 3.63) is 167 Å². The molecule has 0 unspecified atom stereocenters. The number of rotatable bonds is 3. The first-order chi connectivity index (χ1) is 26.3. The van der Waals surface area contributed by atoms with E-state index in [-0.39, 0.29) is 10.8 Å². The van der Waals surface area contributed by atoms with Crippen LogP contribution in [0.25, 0.3) is 60.2 Å². The zero-order valence-corrected chi connectivity index (χ0v) is 32.0. The quantitative estimate of drug-likeness (QED) is 0.171. The molecule has 8 aromatic rings. The SMILES string of the molecule is CC.CC1(C)C2=C(C=CCC2)c2c(N(c3ccc4ccc5ccccc5c4c3)c3cccc4c3oc3c5c(ccc34)C(C)(C)c3ccccc3-5)cccc21. The molecule has 0 spiro atoms. The van der Waals surface area contributed by atoms with Gasteiger partial charge in [0.2, 0.25) is 0 Å². The largest absolute Gasteiger partial charge is 0.453 e. The van der Waals surface area contributed by atoms with Crippen LogP contribution in [-0.4, -0.2) is 0 Å². The molecule has 0 atom stereocenters. The van der Waals surface area contributed by atoms with E-state index < -0.39 is 0 Å². The van der Waals surface area contributed by atoms with Crippen LogP contribution in [0.3, 0.4) is 0 Å². The van der Waals surface area contributed by atoms with Crippen molar-refractivity contribution in [2.24, 2.45) is 0 Å². The molecule has 3 aliphatic rings. The summed E-state index contributed by atoms with van der Waals surface area (Å²) in [6, 6.07) is 47.3. The van der Waals surface area contributed by atoms with E-state index in [0.29, 0.717) is 0 Å². The number of anilines is 3. The highest BCUT2D eigenvalue weighted by Crippen LogP contribution is 2.57. The normalized spacial score (nSPS) is 16.0. The van der Waals surface area contributed by atoms with E-state index in [1.165, 1.54) is 66.2 Å². The number of allylic oxidation sites excluding steroid dienone is 4. The van der Waals surface area contributed by atoms with Crippen LogP contribution in [0.2, 0.25) is 0 Å². The number of furan rings is 1. The van der Waals surface area contributed by atoms with Gasteiger partial charge in [-0.2, -0.15) is 0 Å². The van der Waals surface area contributed by atoms with E-state index in [9.17, 15) is 0 Å². The molecule has 2 heteroatoms. The molecule has 3 aliphatic carbocycles. The summed E-state index contributed by atoms with van der Waals surface area (Å²) in [5.74, 6) is 0. The summed E-state index contributed by atoms with van der Waals surface area (Å²) in [6.45, 7) is 13.5. The van der Waals surface area contributed by atoms with Crippen molar-refractivity contribution in [3.8, 4) is 11.1 Å². The third-order valence-corrected chi connectivity index (χ3v) is 12.6. The minimum absolute atomic E-state index is 0.0389. The fourth-order valence-electron chi connectivity index (χ4n) is 9.98. The first-order valence-corrected chi connectivity index (χ1v) is 19.7. The maximum absolute atomic E-state index is 7.26. The molecule has 264 valence electrons. The Hall–Kier alpha value is -5.86. The van der Waals surface area contributed by atoms with E-state index in [1.54, 1.807) is 5.57 Å². The number of hydrogen-bond acceptors (Lipinski definition) is 2. The van der Waals surface area contributed by atoms with Gasteiger partial charge in [-0.05, 0) is 86.5 Å². The van der Waals surface area contributed by atoms with Gasteiger partial charge in [0.15, 0.2) is 5.58 Å². The molecule has 1 aromatic heterocycles. The minimum atomic E-state index is -0.0990. The number of para-hydroxylation sites is 1. The van der Waals surface area contributed by atoms with Crippen LogP contribution in [0.1, 0.15) is 76.6 Å². The van der Waals surface area contributed by atoms with Crippen LogP contribution in [0.15, 0.2) is 150 Å². The van der Waals surface area contributed by atoms with Gasteiger partial charge in [0, 0.05) is 38.4 Å². The Morgan fingerprint density at radius 2 is 1.20 bits per heavy atom. The zero-order chi connectivity index (χ0) is 36.9. The fraction of sp³-hybridized carbons (Fsp3) is 0.192. The molecular weight excluding hydrogens is 655 g/mol. The van der Waals surface area contributed by atoms with E-state index in [2.05, 4.69) is 172 Å². The van der Waals surface area contributed by atoms with E-state index in [1.807, 2.05) is 13.8 Å². The molecule has 0 radical (unpaired) electrons. The van der Waals surface area contributed by atoms with Crippen molar-refractivity contribution in [2.45, 2.75) is 65.2 Å². The number of hydrogen-bond donors (Lipinski definition) is 0. The van der Waals surface area contributed by atoms with Crippen LogP contribution in [0, 0.1) is 0 Å². The van der Waals surface area contributed by atoms with Gasteiger partial charge in [-0.1, -0.05) is 162 Å². The molecule has 0 aliphatic heterocycles. The van der Waals surface area contributed by atoms with Gasteiger partial charge in [0.05, 0.1) is 11.4 Å². The Kier molecular flexibility index (Phi) is 7.17. The molecule has 11 rings (SSSR count). The lowest BCUT2D eigenvalue weighted by molar-refractivity contribution is 0.607. The van der Waals surface area contributed by atoms with Gasteiger partial charge in [0.25, 0.3) is 0 Å². The van der Waals surface area contributed by atoms with Gasteiger partial charge in [-0.15, -0.1) is 0 Å². The summed E-state index contributed by atoms with van der Waals surface area (Å²) in [6.07, 6.45) is 6.92. The van der Waals surface area contributed by atoms with Crippen LogP contribution in [0.4, 0.5) is 17.1 Å². The van der Waals surface area contributed by atoms with Crippen LogP contribution in [0.5, 0.6) is 0 Å². The number of nitrogens with zero attached hydrogens (tertiary/aromatic N) is 1. The monoisotopic (exact) mass is 699 g/mol. The van der Waals surface area contributed by atoms with E-state index in [4.69, 9.17) is 4.42 Å². The Balaban J connectivity index is 0.00000178. The summed E-state index contributed by atoms with van der Waals surface area (Å²) in [5.41, 5.74) is 15.9. The zero-order valence-electron chi connectivity index (χ0n) is 32.0. The van der Waals surface area contributed by atoms with Crippen molar-refractivity contribution in [2.75, 3.05) is 4.90 Å². The third-order valence-electron chi connectivity index (χ3n) is 12.6. The van der Waals surface area contributed by atoms with E-state index in [0.717, 1.165) is 46.2 Å². The molecule has 1 heterocycles. The second-order valence-corrected chi connectivity index (χ2v) is 16.0. The lowest BCUT2D eigenvalue weighted by Gasteiger charge is -2.29. The summed E-state index contributed by atoms with van der Waals surface area (Å²) in [5, 5.41) is 7.30. The Bertz CT molecular complexity index is 2910. The second kappa shape index (κ2) is 11.8. The lowest BCUT2D eigenvalue weighted by atomic mass is 9.78. The van der Waals surface area contributed by atoms with Gasteiger partial charge in [-0.25, -0.2) is 0 Å². The molecule has 0 saturated carbocycles. The predicted molar refractivity (Wildman–Crippen MR) is 231 cm³/mol. The average Bonchev–Trinajstić information content (AvgIpc) is 3.79. The van der Waals surface area contributed by atoms with Crippen LogP contribution < -0.4 is 4.90 Å². The summed E-state index contributed by atoms with van der Waals surface area (Å²) in [7, 11) is 0. The molecule has 54 heavy (non-hydrogen) atoms. The number of fused-ring (bicyclic) bond motifs is 12. The van der Waals surface area contributed by atoms with Gasteiger partial charge >= 0.3 is 0 Å². The Morgan fingerprint density at radius 3 is 2.07 bits per heavy atom. The highest BCUT2D eigenvalue weighted by molar-refractivity contribution is 6.16. The number of benzene rings is 7. The van der Waals surface area contributed by atoms with Crippen molar-refractivity contribution >= 4 is 66.1 Å². The van der Waals surface area contributed by atoms with Crippen molar-refractivity contribution in [1.29, 1.82) is 0 Å². The molecule has 0 fully saturated rings. The second-order valence-electron chi connectivity index (χ2n) is 16.0. The topological polar surface area (TPSA) is 16.4 Å². The van der Waals surface area contributed by atoms with Gasteiger partial charge < -0.3 is 9.32 Å². The van der Waals surface area contributed by atoms with Crippen molar-refractivity contribution in [1.82, 2.24) is 0 Å². The molecular formula is C52H45NO. The third kappa shape index (κ3) is 4.40. The summed E-state index contributed by atoms with van der Waals surface area (Å²) in [4.78, 5) is 2.48. The first kappa shape index (κ1) is 32.8. The first-order valence-electron chi connectivity index (χ1n) is 19.7. The summed E-state index contributed by atoms with van der Waals surface area (Å²) < 4.78 is 7.26. The Morgan fingerprint density at radius 1 is 0.537 bits per heavy atom. The maximum atomic E-state index is 7.26. The fourth-order valence-corrected chi connectivity index (χ4v) is 9.98. The summed E-state index contributed by atoms with van der Waals surface area (Å²) >= 11 is 0. The standard InChI is InChI=1S/C50H39NO.C2H6/c1-49(2)39-18-9-7-15-36(39)45-41(49)20-12-21-43(45)51(32-26-25-31-24-23-30-13-5-6-14-33(30)38(31)29-32)44-22-11-17-34-35-27-28-42-46(48(35)52-47(34)44)37-16-8-10-19-40(37)50(42,3)4;1-2/h5-8,10-17,19-29H,9,18H2,1-4H3;1-2H3. The highest BCUT2D eigenvalue weighted by Gasteiger charge is 2.40. The molecule has 0 saturated heterocycles. The highest BCUT2D eigenvalue weighted by atomic mass is 16.3. The van der Waals surface area contributed by atoms with Gasteiger partial charge in [-0.3, -0.25) is 0 Å². The molecule has 0 N–H and O–H groups in total. The molecule has 7 aromatic carbocycles. The maximum Gasteiger partial charge on any atom is 0.159 e. The molecule has 0 bridgehead atoms. The lowest BCUT2D eigenvalue weighted by Crippen LogP contribution is -2.18. The minimum Gasteiger partial charge on any atom is -0.453 e. The van der Waals surface area contributed by atoms with E-state index >= 15 is 0 Å². The van der Waals surface area contributed by atoms with Gasteiger partial charge in [0.1, 0.15) is 5.58 Å². The Labute approximate surface area is 318 Å². The van der Waals surface area contributed by atoms with Crippen LogP contribution >= 0.6 is 0 Å². The molecule has 0 amide bonds. The van der Waals surface area contributed by atoms with Crippen molar-refractivity contribution < 1.29 is 4.42 Å². The smallest absolute Gasteiger partial charge is 0.159 e. The van der Waals surface area contributed by atoms with Crippen molar-refractivity contribution in [3.63, 3.8) is 0 Å². The predicted octanol–water partition coefficient (Wildman–Crippen LogP) is 15.1. The average molecular weight is 700 g/mol. The molecule has 2 nitrogen and oxygen atoms in total. The van der Waals surface area contributed by atoms with Crippen LogP contribution in [-0.2, 0) is 10.8 Å².